The van der Waals surface area contributed by atoms with Gasteiger partial charge in [-0.2, -0.15) is 0 Å². The van der Waals surface area contributed by atoms with Crippen LogP contribution in [0.5, 0.6) is 0 Å². The normalized spacial score (nSPS) is 15.9. The fourth-order valence-electron chi connectivity index (χ4n) is 1.95. The maximum Gasteiger partial charge on any atom is 0.0122 e. The Balaban J connectivity index is 4.00. The summed E-state index contributed by atoms with van der Waals surface area (Å²) in [6, 6.07) is 0. The van der Waals surface area contributed by atoms with Crippen LogP contribution in [0.4, 0.5) is 0 Å². The first-order valence-corrected chi connectivity index (χ1v) is 7.64. The first-order chi connectivity index (χ1) is 7.89. The van der Waals surface area contributed by atoms with Gasteiger partial charge in [0, 0.05) is 12.1 Å². The molecule has 104 valence electrons. The highest BCUT2D eigenvalue weighted by molar-refractivity contribution is 4.82. The van der Waals surface area contributed by atoms with Crippen molar-refractivity contribution in [2.75, 3.05) is 6.54 Å². The molecule has 17 heavy (non-hydrogen) atoms. The Hall–Kier alpha value is -0.0400. The minimum Gasteiger partial charge on any atom is -0.311 e. The largest absolute Gasteiger partial charge is 0.311 e. The van der Waals surface area contributed by atoms with Crippen molar-refractivity contribution < 1.29 is 0 Å². The van der Waals surface area contributed by atoms with Crippen molar-refractivity contribution in [1.82, 2.24) is 5.32 Å². The molecular formula is C16H35N. The molecule has 1 nitrogen and oxygen atoms in total. The summed E-state index contributed by atoms with van der Waals surface area (Å²) in [6.45, 7) is 15.1. The van der Waals surface area contributed by atoms with Crippen molar-refractivity contribution >= 4 is 0 Å². The molecule has 0 aromatic rings. The van der Waals surface area contributed by atoms with Gasteiger partial charge in [-0.05, 0) is 38.5 Å². The second kappa shape index (κ2) is 8.13. The highest BCUT2D eigenvalue weighted by atomic mass is 15.0. The second-order valence-corrected chi connectivity index (χ2v) is 6.57. The van der Waals surface area contributed by atoms with Gasteiger partial charge in [0.1, 0.15) is 0 Å². The van der Waals surface area contributed by atoms with Crippen molar-refractivity contribution in [1.29, 1.82) is 0 Å². The van der Waals surface area contributed by atoms with Crippen molar-refractivity contribution in [2.24, 2.45) is 5.41 Å². The molecule has 0 aliphatic rings. The minimum atomic E-state index is 0.292. The molecule has 0 fully saturated rings. The molecule has 0 aliphatic heterocycles. The highest BCUT2D eigenvalue weighted by Gasteiger charge is 2.24. The van der Waals surface area contributed by atoms with Gasteiger partial charge in [0.05, 0.1) is 0 Å². The summed E-state index contributed by atoms with van der Waals surface area (Å²) in [4.78, 5) is 0. The van der Waals surface area contributed by atoms with E-state index >= 15 is 0 Å². The van der Waals surface area contributed by atoms with Crippen LogP contribution in [-0.2, 0) is 0 Å². The van der Waals surface area contributed by atoms with Crippen LogP contribution >= 0.6 is 0 Å². The molecule has 0 rings (SSSR count). The van der Waals surface area contributed by atoms with E-state index in [0.717, 1.165) is 6.54 Å². The van der Waals surface area contributed by atoms with Gasteiger partial charge in [-0.25, -0.2) is 0 Å². The first-order valence-electron chi connectivity index (χ1n) is 7.64. The zero-order valence-electron chi connectivity index (χ0n) is 13.2. The number of rotatable bonds is 10. The number of hydrogen-bond acceptors (Lipinski definition) is 1. The summed E-state index contributed by atoms with van der Waals surface area (Å²) in [6.07, 6.45) is 9.39. The summed E-state index contributed by atoms with van der Waals surface area (Å²) in [5, 5.41) is 3.74. The second-order valence-electron chi connectivity index (χ2n) is 6.57. The van der Waals surface area contributed by atoms with Crippen LogP contribution < -0.4 is 5.32 Å². The quantitative estimate of drug-likeness (QED) is 0.521. The minimum absolute atomic E-state index is 0.292. The zero-order valence-corrected chi connectivity index (χ0v) is 13.2. The van der Waals surface area contributed by atoms with Gasteiger partial charge >= 0.3 is 0 Å². The Morgan fingerprint density at radius 3 is 1.94 bits per heavy atom. The zero-order chi connectivity index (χ0) is 13.4. The van der Waals surface area contributed by atoms with Gasteiger partial charge in [0.2, 0.25) is 0 Å². The first kappa shape index (κ1) is 17.0. The van der Waals surface area contributed by atoms with Gasteiger partial charge in [-0.3, -0.25) is 0 Å². The van der Waals surface area contributed by atoms with Crippen LogP contribution in [0.25, 0.3) is 0 Å². The predicted molar refractivity (Wildman–Crippen MR) is 79.5 cm³/mol. The molecular weight excluding hydrogens is 206 g/mol. The Kier molecular flexibility index (Phi) is 8.11. The Bertz CT molecular complexity index is 186. The molecule has 1 N–H and O–H groups in total. The maximum atomic E-state index is 3.74. The number of unbranched alkanes of at least 4 members (excludes halogenated alkanes) is 3. The van der Waals surface area contributed by atoms with Crippen molar-refractivity contribution in [3.8, 4) is 0 Å². The average Bonchev–Trinajstić information content (AvgIpc) is 2.32. The third-order valence-corrected chi connectivity index (χ3v) is 4.37. The standard InChI is InChI=1S/C16H35N/c1-7-10-11-12-13-16(6,9-3)14-17-15(4,5)8-2/h17H,7-14H2,1-6H3. The Morgan fingerprint density at radius 2 is 1.47 bits per heavy atom. The summed E-state index contributed by atoms with van der Waals surface area (Å²) >= 11 is 0. The summed E-state index contributed by atoms with van der Waals surface area (Å²) in [5.41, 5.74) is 0.778. The third kappa shape index (κ3) is 7.81. The molecule has 0 aromatic heterocycles. The highest BCUT2D eigenvalue weighted by Crippen LogP contribution is 2.28. The molecule has 0 saturated carbocycles. The fourth-order valence-corrected chi connectivity index (χ4v) is 1.95. The van der Waals surface area contributed by atoms with E-state index in [1.807, 2.05) is 0 Å². The van der Waals surface area contributed by atoms with E-state index < -0.39 is 0 Å². The molecule has 0 spiro atoms. The summed E-state index contributed by atoms with van der Waals surface area (Å²) in [7, 11) is 0. The molecule has 1 atom stereocenters. The van der Waals surface area contributed by atoms with Gasteiger partial charge in [-0.15, -0.1) is 0 Å². The van der Waals surface area contributed by atoms with Crippen molar-refractivity contribution in [3.63, 3.8) is 0 Å². The molecule has 1 heteroatoms. The van der Waals surface area contributed by atoms with Crippen LogP contribution in [0.1, 0.15) is 86.5 Å². The smallest absolute Gasteiger partial charge is 0.0122 e. The molecule has 1 unspecified atom stereocenters. The SMILES string of the molecule is CCCCCCC(C)(CC)CNC(C)(C)CC. The van der Waals surface area contributed by atoms with Gasteiger partial charge in [-0.1, -0.05) is 53.4 Å². The molecule has 0 aromatic carbocycles. The van der Waals surface area contributed by atoms with Crippen molar-refractivity contribution in [2.45, 2.75) is 92.0 Å². The van der Waals surface area contributed by atoms with Gasteiger partial charge in [0.25, 0.3) is 0 Å². The topological polar surface area (TPSA) is 12.0 Å². The monoisotopic (exact) mass is 241 g/mol. The van der Waals surface area contributed by atoms with E-state index in [9.17, 15) is 0 Å². The molecule has 0 saturated heterocycles. The molecule has 0 amide bonds. The molecule has 0 aliphatic carbocycles. The van der Waals surface area contributed by atoms with Crippen molar-refractivity contribution in [3.05, 3.63) is 0 Å². The third-order valence-electron chi connectivity index (χ3n) is 4.37. The van der Waals surface area contributed by atoms with Crippen LogP contribution in [0.15, 0.2) is 0 Å². The lowest BCUT2D eigenvalue weighted by Crippen LogP contribution is -2.44. The van der Waals surface area contributed by atoms with E-state index in [4.69, 9.17) is 0 Å². The number of nitrogens with one attached hydrogen (secondary N) is 1. The Morgan fingerprint density at radius 1 is 0.824 bits per heavy atom. The molecule has 0 heterocycles. The van der Waals surface area contributed by atoms with Crippen LogP contribution in [-0.4, -0.2) is 12.1 Å². The van der Waals surface area contributed by atoms with Gasteiger partial charge in [0.15, 0.2) is 0 Å². The van der Waals surface area contributed by atoms with E-state index in [-0.39, 0.29) is 0 Å². The van der Waals surface area contributed by atoms with Crippen LogP contribution in [0.3, 0.4) is 0 Å². The molecule has 0 radical (unpaired) electrons. The Labute approximate surface area is 110 Å². The van der Waals surface area contributed by atoms with Crippen LogP contribution in [0.2, 0.25) is 0 Å². The summed E-state index contributed by atoms with van der Waals surface area (Å²) < 4.78 is 0. The number of hydrogen-bond donors (Lipinski definition) is 1. The summed E-state index contributed by atoms with van der Waals surface area (Å²) in [5.74, 6) is 0. The lowest BCUT2D eigenvalue weighted by Gasteiger charge is -2.34. The van der Waals surface area contributed by atoms with Gasteiger partial charge < -0.3 is 5.32 Å². The average molecular weight is 241 g/mol. The fraction of sp³-hybridized carbons (Fsp3) is 1.00. The van der Waals surface area contributed by atoms with E-state index in [0.29, 0.717) is 11.0 Å². The lowest BCUT2D eigenvalue weighted by atomic mass is 9.81. The van der Waals surface area contributed by atoms with E-state index in [2.05, 4.69) is 46.9 Å². The van der Waals surface area contributed by atoms with E-state index in [1.54, 1.807) is 0 Å². The molecule has 0 bridgehead atoms. The van der Waals surface area contributed by atoms with E-state index in [1.165, 1.54) is 44.9 Å². The maximum absolute atomic E-state index is 3.74. The van der Waals surface area contributed by atoms with Crippen LogP contribution in [0, 0.1) is 5.41 Å². The lowest BCUT2D eigenvalue weighted by molar-refractivity contribution is 0.223. The predicted octanol–water partition coefficient (Wildman–Crippen LogP) is 5.15.